The van der Waals surface area contributed by atoms with Crippen LogP contribution in [0.2, 0.25) is 0 Å². The van der Waals surface area contributed by atoms with Gasteiger partial charge in [-0.2, -0.15) is 0 Å². The summed E-state index contributed by atoms with van der Waals surface area (Å²) in [7, 11) is 0. The maximum atomic E-state index is 11.4. The molecule has 4 rings (SSSR count). The number of fused-ring (bicyclic) bond motifs is 1. The summed E-state index contributed by atoms with van der Waals surface area (Å²) in [6.45, 7) is 0. The fourth-order valence-electron chi connectivity index (χ4n) is 2.68. The van der Waals surface area contributed by atoms with Crippen molar-refractivity contribution in [2.24, 2.45) is 0 Å². The van der Waals surface area contributed by atoms with E-state index in [1.54, 1.807) is 23.5 Å². The number of hydrogen-bond acceptors (Lipinski definition) is 5. The number of nitrogens with one attached hydrogen (secondary N) is 1. The van der Waals surface area contributed by atoms with Crippen LogP contribution >= 0.6 is 11.3 Å². The SMILES string of the molecule is O=[As](O)(O)c1ccc(Nc2ncnc3scc(-c4ccccc4)c23)cc1. The maximum absolute atomic E-state index is 11.4. The molecule has 0 amide bonds. The third-order valence-electron chi connectivity index (χ3n) is 3.92. The van der Waals surface area contributed by atoms with Crippen LogP contribution < -0.4 is 9.67 Å². The van der Waals surface area contributed by atoms with E-state index < -0.39 is 14.2 Å². The Bertz CT molecular complexity index is 1110. The fraction of sp³-hybridized carbons (Fsp3) is 0. The molecule has 3 N–H and O–H groups in total. The molecule has 0 fully saturated rings. The van der Waals surface area contributed by atoms with Crippen molar-refractivity contribution in [1.82, 2.24) is 9.97 Å². The van der Waals surface area contributed by atoms with E-state index in [0.717, 1.165) is 21.3 Å². The Kier molecular flexibility index (Phi) is 4.38. The standard InChI is InChI=1S/C18H14AsN3O3S/c23-19(24,25)13-6-8-14(9-7-13)22-17-16-15(12-4-2-1-3-5-12)10-26-18(16)21-11-20-17/h1-11H,(H,20,21,22)(H2,23,24,25). The van der Waals surface area contributed by atoms with Crippen molar-refractivity contribution < 1.29 is 11.9 Å². The van der Waals surface area contributed by atoms with Gasteiger partial charge in [0.2, 0.25) is 0 Å². The molecule has 4 aromatic rings. The Morgan fingerprint density at radius 1 is 0.962 bits per heavy atom. The number of thiophene rings is 1. The summed E-state index contributed by atoms with van der Waals surface area (Å²) < 4.78 is 30.0. The molecule has 0 saturated heterocycles. The average Bonchev–Trinajstić information content (AvgIpc) is 3.07. The van der Waals surface area contributed by atoms with Gasteiger partial charge in [-0.25, -0.2) is 0 Å². The molecule has 0 aliphatic heterocycles. The van der Waals surface area contributed by atoms with E-state index in [2.05, 4.69) is 20.7 Å². The summed E-state index contributed by atoms with van der Waals surface area (Å²) in [6, 6.07) is 16.2. The van der Waals surface area contributed by atoms with Crippen LogP contribution in [-0.2, 0) is 3.74 Å². The molecule has 6 nitrogen and oxygen atoms in total. The molecule has 0 atom stereocenters. The van der Waals surface area contributed by atoms with E-state index in [1.165, 1.54) is 18.5 Å². The predicted octanol–water partition coefficient (Wildman–Crippen LogP) is 2.66. The van der Waals surface area contributed by atoms with E-state index in [0.29, 0.717) is 11.5 Å². The molecular formula is C18H14AsN3O3S. The number of aromatic nitrogens is 2. The number of nitrogens with zero attached hydrogens (tertiary/aromatic N) is 2. The molecule has 8 heteroatoms. The molecule has 2 heterocycles. The van der Waals surface area contributed by atoms with Crippen LogP contribution in [0.4, 0.5) is 11.5 Å². The van der Waals surface area contributed by atoms with Gasteiger partial charge in [0.05, 0.1) is 0 Å². The van der Waals surface area contributed by atoms with Crippen LogP contribution in [-0.4, -0.2) is 32.3 Å². The Hall–Kier alpha value is -2.44. The van der Waals surface area contributed by atoms with Crippen LogP contribution in [0.1, 0.15) is 0 Å². The van der Waals surface area contributed by atoms with E-state index >= 15 is 0 Å². The zero-order valence-electron chi connectivity index (χ0n) is 13.4. The average molecular weight is 427 g/mol. The van der Waals surface area contributed by atoms with Crippen molar-refractivity contribution in [3.8, 4) is 11.1 Å². The van der Waals surface area contributed by atoms with Crippen molar-refractivity contribution in [3.05, 3.63) is 66.3 Å². The Morgan fingerprint density at radius 2 is 1.69 bits per heavy atom. The zero-order chi connectivity index (χ0) is 18.1. The van der Waals surface area contributed by atoms with Gasteiger partial charge in [-0.05, 0) is 0 Å². The second-order valence-electron chi connectivity index (χ2n) is 5.63. The Balaban J connectivity index is 1.75. The van der Waals surface area contributed by atoms with Gasteiger partial charge in [-0.3, -0.25) is 0 Å². The van der Waals surface area contributed by atoms with E-state index in [-0.39, 0.29) is 4.35 Å². The third kappa shape index (κ3) is 3.30. The topological polar surface area (TPSA) is 95.3 Å². The Morgan fingerprint density at radius 3 is 2.38 bits per heavy atom. The summed E-state index contributed by atoms with van der Waals surface area (Å²) >= 11 is -3.33. The van der Waals surface area contributed by atoms with Crippen molar-refractivity contribution in [2.75, 3.05) is 5.32 Å². The first-order valence-electron chi connectivity index (χ1n) is 7.73. The number of hydrogen-bond donors (Lipinski definition) is 3. The normalized spacial score (nSPS) is 11.6. The summed E-state index contributed by atoms with van der Waals surface area (Å²) in [4.78, 5) is 9.58. The molecule has 0 aliphatic rings. The zero-order valence-corrected chi connectivity index (χ0v) is 16.1. The molecule has 0 saturated carbocycles. The van der Waals surface area contributed by atoms with E-state index in [4.69, 9.17) is 0 Å². The molecular weight excluding hydrogens is 413 g/mol. The van der Waals surface area contributed by atoms with Crippen molar-refractivity contribution >= 4 is 51.6 Å². The third-order valence-corrected chi connectivity index (χ3v) is 6.84. The number of rotatable bonds is 4. The predicted molar refractivity (Wildman–Crippen MR) is 103 cm³/mol. The molecule has 0 radical (unpaired) electrons. The first-order valence-corrected chi connectivity index (χ1v) is 12.0. The van der Waals surface area contributed by atoms with Crippen molar-refractivity contribution in [1.29, 1.82) is 0 Å². The molecule has 2 aromatic carbocycles. The fourth-order valence-corrected chi connectivity index (χ4v) is 4.72. The van der Waals surface area contributed by atoms with Crippen molar-refractivity contribution in [3.63, 3.8) is 0 Å². The second kappa shape index (κ2) is 6.70. The first-order chi connectivity index (χ1) is 12.5. The van der Waals surface area contributed by atoms with E-state index in [1.807, 2.05) is 30.3 Å². The summed E-state index contributed by atoms with van der Waals surface area (Å²) in [6.07, 6.45) is 1.50. The Labute approximate surface area is 156 Å². The molecule has 0 bridgehead atoms. The van der Waals surface area contributed by atoms with Crippen LogP contribution in [0, 0.1) is 0 Å². The molecule has 0 aliphatic carbocycles. The quantitative estimate of drug-likeness (QED) is 0.434. The van der Waals surface area contributed by atoms with Crippen molar-refractivity contribution in [2.45, 2.75) is 0 Å². The minimum absolute atomic E-state index is 0.0435. The van der Waals surface area contributed by atoms with Crippen LogP contribution in [0.15, 0.2) is 66.3 Å². The molecule has 130 valence electrons. The summed E-state index contributed by atoms with van der Waals surface area (Å²) in [5, 5.41) is 6.21. The first kappa shape index (κ1) is 17.0. The molecule has 0 spiro atoms. The molecule has 26 heavy (non-hydrogen) atoms. The van der Waals surface area contributed by atoms with Crippen LogP contribution in [0.25, 0.3) is 21.3 Å². The van der Waals surface area contributed by atoms with Gasteiger partial charge in [0.25, 0.3) is 0 Å². The summed E-state index contributed by atoms with van der Waals surface area (Å²) in [5.41, 5.74) is 2.82. The van der Waals surface area contributed by atoms with Gasteiger partial charge < -0.3 is 0 Å². The van der Waals surface area contributed by atoms with Crippen LogP contribution in [0.5, 0.6) is 0 Å². The number of benzene rings is 2. The second-order valence-corrected chi connectivity index (χ2v) is 9.86. The molecule has 2 aromatic heterocycles. The summed E-state index contributed by atoms with van der Waals surface area (Å²) in [5.74, 6) is 0.657. The van der Waals surface area contributed by atoms with Gasteiger partial charge in [0.15, 0.2) is 0 Å². The van der Waals surface area contributed by atoms with Crippen LogP contribution in [0.3, 0.4) is 0 Å². The van der Waals surface area contributed by atoms with Gasteiger partial charge >= 0.3 is 156 Å². The number of anilines is 2. The molecule has 0 unspecified atom stereocenters. The minimum atomic E-state index is -4.88. The van der Waals surface area contributed by atoms with Gasteiger partial charge in [0, 0.05) is 0 Å². The van der Waals surface area contributed by atoms with E-state index in [9.17, 15) is 11.9 Å². The van der Waals surface area contributed by atoms with Gasteiger partial charge in [0.1, 0.15) is 0 Å². The van der Waals surface area contributed by atoms with Gasteiger partial charge in [-0.15, -0.1) is 0 Å². The van der Waals surface area contributed by atoms with Gasteiger partial charge in [-0.1, -0.05) is 0 Å². The monoisotopic (exact) mass is 427 g/mol.